The number of hydrogen-bond acceptors (Lipinski definition) is 3. The van der Waals surface area contributed by atoms with E-state index in [2.05, 4.69) is 10.6 Å². The average molecular weight is 502 g/mol. The van der Waals surface area contributed by atoms with Gasteiger partial charge < -0.3 is 10.6 Å². The van der Waals surface area contributed by atoms with Crippen LogP contribution in [0.3, 0.4) is 0 Å². The lowest BCUT2D eigenvalue weighted by atomic mass is 9.71. The van der Waals surface area contributed by atoms with Crippen LogP contribution in [0.1, 0.15) is 23.5 Å². The van der Waals surface area contributed by atoms with Crippen molar-refractivity contribution in [1.82, 2.24) is 10.2 Å². The summed E-state index contributed by atoms with van der Waals surface area (Å²) in [4.78, 5) is 28.0. The molecule has 0 aromatic heterocycles. The summed E-state index contributed by atoms with van der Waals surface area (Å²) in [6, 6.07) is 8.04. The molecule has 3 aliphatic heterocycles. The number of alkyl halides is 3. The van der Waals surface area contributed by atoms with E-state index >= 15 is 4.39 Å². The van der Waals surface area contributed by atoms with Gasteiger partial charge in [-0.15, -0.1) is 0 Å². The molecule has 2 aromatic rings. The lowest BCUT2D eigenvalue weighted by molar-refractivity contribution is -0.146. The molecule has 0 bridgehead atoms. The third kappa shape index (κ3) is 3.24. The van der Waals surface area contributed by atoms with Crippen molar-refractivity contribution >= 4 is 40.7 Å². The zero-order valence-corrected chi connectivity index (χ0v) is 18.4. The Kier molecular flexibility index (Phi) is 5.15. The summed E-state index contributed by atoms with van der Waals surface area (Å²) in [6.45, 7) is -0.508. The first-order chi connectivity index (χ1) is 15.6. The van der Waals surface area contributed by atoms with Crippen molar-refractivity contribution in [3.8, 4) is 0 Å². The van der Waals surface area contributed by atoms with Crippen LogP contribution >= 0.6 is 23.2 Å². The average Bonchev–Trinajstić information content (AvgIpc) is 3.33. The summed E-state index contributed by atoms with van der Waals surface area (Å²) in [7, 11) is 0. The second kappa shape index (κ2) is 7.58. The SMILES string of the molecule is O=C1NC[C@H]2[C@@H]1[C@H](c1cccc(Cl)c1F)[C@]1(C(=O)Nc3cc(Cl)ccc31)N2CCC(F)(F)F. The van der Waals surface area contributed by atoms with Gasteiger partial charge >= 0.3 is 6.18 Å². The lowest BCUT2D eigenvalue weighted by Crippen LogP contribution is -2.54. The summed E-state index contributed by atoms with van der Waals surface area (Å²) in [5.74, 6) is -3.96. The molecular weight excluding hydrogens is 485 g/mol. The number of amides is 2. The van der Waals surface area contributed by atoms with Crippen molar-refractivity contribution in [3.05, 3.63) is 63.4 Å². The van der Waals surface area contributed by atoms with Crippen LogP contribution in [0.2, 0.25) is 10.0 Å². The standard InChI is InChI=1S/C22H17Cl2F4N3O2/c23-10-4-5-12-14(8-10)30-20(33)22(12)17(11-2-1-3-13(24)18(11)25)16-15(9-29-19(16)32)31(22)7-6-21(26,27)28/h1-5,8,15-17H,6-7,9H2,(H,29,32)(H,30,33)/t15-,16+,17-,22+/m0/s1. The Labute approximate surface area is 196 Å². The van der Waals surface area contributed by atoms with Crippen LogP contribution < -0.4 is 10.6 Å². The van der Waals surface area contributed by atoms with Gasteiger partial charge in [-0.3, -0.25) is 14.5 Å². The Balaban J connectivity index is 1.79. The van der Waals surface area contributed by atoms with E-state index in [1.54, 1.807) is 6.07 Å². The van der Waals surface area contributed by atoms with Crippen LogP contribution in [-0.4, -0.2) is 42.0 Å². The smallest absolute Gasteiger partial charge is 0.354 e. The Morgan fingerprint density at radius 1 is 1.15 bits per heavy atom. The molecule has 0 aliphatic carbocycles. The van der Waals surface area contributed by atoms with Crippen LogP contribution in [0.25, 0.3) is 0 Å². The fourth-order valence-corrected chi connectivity index (χ4v) is 6.01. The molecule has 2 fully saturated rings. The molecule has 1 spiro atoms. The topological polar surface area (TPSA) is 61.4 Å². The quantitative estimate of drug-likeness (QED) is 0.611. The highest BCUT2D eigenvalue weighted by atomic mass is 35.5. The molecule has 174 valence electrons. The number of hydrogen-bond donors (Lipinski definition) is 2. The molecule has 4 atom stereocenters. The van der Waals surface area contributed by atoms with E-state index < -0.39 is 60.2 Å². The molecule has 33 heavy (non-hydrogen) atoms. The molecule has 0 unspecified atom stereocenters. The van der Waals surface area contributed by atoms with Gasteiger partial charge in [0.2, 0.25) is 11.8 Å². The van der Waals surface area contributed by atoms with Gasteiger partial charge in [0.1, 0.15) is 11.4 Å². The van der Waals surface area contributed by atoms with Gasteiger partial charge in [0.25, 0.3) is 0 Å². The number of carbonyl (C=O) groups is 2. The van der Waals surface area contributed by atoms with E-state index in [4.69, 9.17) is 23.2 Å². The van der Waals surface area contributed by atoms with Crippen LogP contribution in [0.15, 0.2) is 36.4 Å². The summed E-state index contributed by atoms with van der Waals surface area (Å²) in [5.41, 5.74) is -1.07. The van der Waals surface area contributed by atoms with E-state index in [0.717, 1.165) is 0 Å². The normalized spacial score (nSPS) is 28.7. The van der Waals surface area contributed by atoms with Crippen molar-refractivity contribution in [2.24, 2.45) is 5.92 Å². The number of anilines is 1. The predicted octanol–water partition coefficient (Wildman–Crippen LogP) is 4.45. The molecule has 2 amide bonds. The van der Waals surface area contributed by atoms with Gasteiger partial charge in [0, 0.05) is 41.3 Å². The molecule has 3 aliphatic rings. The molecule has 2 aromatic carbocycles. The summed E-state index contributed by atoms with van der Waals surface area (Å²) < 4.78 is 55.2. The number of carbonyl (C=O) groups excluding carboxylic acids is 2. The first-order valence-electron chi connectivity index (χ1n) is 10.2. The maximum Gasteiger partial charge on any atom is 0.390 e. The van der Waals surface area contributed by atoms with E-state index in [1.165, 1.54) is 35.2 Å². The number of nitrogens with zero attached hydrogens (tertiary/aromatic N) is 1. The molecule has 0 saturated carbocycles. The zero-order chi connectivity index (χ0) is 23.7. The number of benzene rings is 2. The van der Waals surface area contributed by atoms with Crippen LogP contribution in [0, 0.1) is 11.7 Å². The fraction of sp³-hybridized carbons (Fsp3) is 0.364. The van der Waals surface area contributed by atoms with Gasteiger partial charge in [-0.05, 0) is 23.8 Å². The fourth-order valence-electron chi connectivity index (χ4n) is 5.66. The molecule has 5 rings (SSSR count). The molecule has 11 heteroatoms. The van der Waals surface area contributed by atoms with Crippen molar-refractivity contribution < 1.29 is 27.2 Å². The zero-order valence-electron chi connectivity index (χ0n) is 16.8. The third-order valence-corrected chi connectivity index (χ3v) is 7.33. The van der Waals surface area contributed by atoms with Crippen LogP contribution in [-0.2, 0) is 15.1 Å². The number of nitrogens with one attached hydrogen (secondary N) is 2. The van der Waals surface area contributed by atoms with E-state index in [0.29, 0.717) is 16.3 Å². The highest BCUT2D eigenvalue weighted by Crippen LogP contribution is 2.61. The first-order valence-corrected chi connectivity index (χ1v) is 11.0. The predicted molar refractivity (Wildman–Crippen MR) is 114 cm³/mol. The van der Waals surface area contributed by atoms with Gasteiger partial charge in [0.15, 0.2) is 0 Å². The Morgan fingerprint density at radius 3 is 2.64 bits per heavy atom. The van der Waals surface area contributed by atoms with Crippen molar-refractivity contribution in [2.45, 2.75) is 30.1 Å². The minimum absolute atomic E-state index is 0.00186. The minimum Gasteiger partial charge on any atom is -0.354 e. The number of likely N-dealkylation sites (tertiary alicyclic amines) is 1. The molecule has 0 radical (unpaired) electrons. The van der Waals surface area contributed by atoms with Crippen LogP contribution in [0.5, 0.6) is 0 Å². The minimum atomic E-state index is -4.50. The van der Waals surface area contributed by atoms with Gasteiger partial charge in [-0.1, -0.05) is 41.4 Å². The van der Waals surface area contributed by atoms with E-state index in [9.17, 15) is 22.8 Å². The Bertz CT molecular complexity index is 1170. The maximum absolute atomic E-state index is 15.3. The Hall–Kier alpha value is -2.36. The third-order valence-electron chi connectivity index (χ3n) is 6.80. The summed E-state index contributed by atoms with van der Waals surface area (Å²) >= 11 is 12.1. The van der Waals surface area contributed by atoms with Crippen LogP contribution in [0.4, 0.5) is 23.2 Å². The molecule has 3 heterocycles. The second-order valence-electron chi connectivity index (χ2n) is 8.43. The molecule has 5 nitrogen and oxygen atoms in total. The molecule has 2 saturated heterocycles. The van der Waals surface area contributed by atoms with E-state index in [1.807, 2.05) is 0 Å². The Morgan fingerprint density at radius 2 is 1.91 bits per heavy atom. The molecule has 2 N–H and O–H groups in total. The van der Waals surface area contributed by atoms with Gasteiger partial charge in [-0.2, -0.15) is 13.2 Å². The van der Waals surface area contributed by atoms with Crippen molar-refractivity contribution in [1.29, 1.82) is 0 Å². The highest BCUT2D eigenvalue weighted by molar-refractivity contribution is 6.31. The van der Waals surface area contributed by atoms with Gasteiger partial charge in [0.05, 0.1) is 17.4 Å². The van der Waals surface area contributed by atoms with Crippen molar-refractivity contribution in [3.63, 3.8) is 0 Å². The summed E-state index contributed by atoms with van der Waals surface area (Å²) in [6.07, 6.45) is -5.70. The largest absolute Gasteiger partial charge is 0.390 e. The first kappa shape index (κ1) is 22.4. The number of halogens is 6. The summed E-state index contributed by atoms with van der Waals surface area (Å²) in [5, 5.41) is 5.48. The number of fused-ring (bicyclic) bond motifs is 3. The van der Waals surface area contributed by atoms with E-state index in [-0.39, 0.29) is 17.1 Å². The van der Waals surface area contributed by atoms with Crippen molar-refractivity contribution in [2.75, 3.05) is 18.4 Å². The second-order valence-corrected chi connectivity index (χ2v) is 9.27. The highest BCUT2D eigenvalue weighted by Gasteiger charge is 2.70. The molecular formula is C22H17Cl2F4N3O2. The maximum atomic E-state index is 15.3. The van der Waals surface area contributed by atoms with Gasteiger partial charge in [-0.25, -0.2) is 4.39 Å². The lowest BCUT2D eigenvalue weighted by Gasteiger charge is -2.40. The number of rotatable bonds is 3. The monoisotopic (exact) mass is 501 g/mol.